The van der Waals surface area contributed by atoms with Gasteiger partial charge in [0.2, 0.25) is 0 Å². The number of aliphatic carboxylic acids is 1. The van der Waals surface area contributed by atoms with Crippen LogP contribution >= 0.6 is 0 Å². The minimum Gasteiger partial charge on any atom is -0.480 e. The molecule has 0 unspecified atom stereocenters. The van der Waals surface area contributed by atoms with Crippen LogP contribution in [-0.4, -0.2) is 58.3 Å². The fourth-order valence-corrected chi connectivity index (χ4v) is 2.86. The summed E-state index contributed by atoms with van der Waals surface area (Å²) in [5.41, 5.74) is 1.01. The second-order valence-corrected chi connectivity index (χ2v) is 6.11. The summed E-state index contributed by atoms with van der Waals surface area (Å²) >= 11 is 0. The topological polar surface area (TPSA) is 119 Å². The number of nitrogens with zero attached hydrogens (tertiary/aromatic N) is 1. The third-order valence-electron chi connectivity index (χ3n) is 4.36. The average molecular weight is 349 g/mol. The maximum atomic E-state index is 11.9. The second kappa shape index (κ2) is 8.48. The molecule has 0 atom stereocenters. The summed E-state index contributed by atoms with van der Waals surface area (Å²) in [6.07, 6.45) is 1.48. The first-order valence-corrected chi connectivity index (χ1v) is 8.21. The molecule has 0 aromatic heterocycles. The highest BCUT2D eigenvalue weighted by molar-refractivity contribution is 5.87. The van der Waals surface area contributed by atoms with Gasteiger partial charge in [-0.1, -0.05) is 19.1 Å². The number of benzene rings is 1. The van der Waals surface area contributed by atoms with Gasteiger partial charge in [-0.15, -0.1) is 0 Å². The summed E-state index contributed by atoms with van der Waals surface area (Å²) in [5, 5.41) is 23.3. The lowest BCUT2D eigenvalue weighted by Gasteiger charge is -2.42. The van der Waals surface area contributed by atoms with E-state index in [0.29, 0.717) is 13.1 Å². The Labute approximate surface area is 145 Å². The van der Waals surface area contributed by atoms with Crippen LogP contribution in [0.2, 0.25) is 0 Å². The summed E-state index contributed by atoms with van der Waals surface area (Å²) in [5.74, 6) is -1.83. The van der Waals surface area contributed by atoms with E-state index in [4.69, 9.17) is 10.2 Å². The van der Waals surface area contributed by atoms with Gasteiger partial charge in [-0.05, 0) is 37.1 Å². The number of likely N-dealkylation sites (N-methyl/N-ethyl adjacent to an activating group) is 1. The molecule has 1 saturated carbocycles. The normalized spacial score (nSPS) is 19.1. The zero-order valence-corrected chi connectivity index (χ0v) is 14.1. The molecule has 2 rings (SSSR count). The maximum Gasteiger partial charge on any atom is 0.335 e. The van der Waals surface area contributed by atoms with Gasteiger partial charge in [0.25, 0.3) is 0 Å². The molecule has 1 fully saturated rings. The highest BCUT2D eigenvalue weighted by Crippen LogP contribution is 2.25. The number of rotatable bonds is 8. The number of aromatic carboxylic acids is 1. The third-order valence-corrected chi connectivity index (χ3v) is 4.36. The van der Waals surface area contributed by atoms with Crippen LogP contribution in [0, 0.1) is 0 Å². The molecule has 8 nitrogen and oxygen atoms in total. The van der Waals surface area contributed by atoms with Crippen molar-refractivity contribution in [2.75, 3.05) is 13.1 Å². The Kier molecular flexibility index (Phi) is 6.35. The van der Waals surface area contributed by atoms with Crippen molar-refractivity contribution < 1.29 is 24.6 Å². The van der Waals surface area contributed by atoms with Gasteiger partial charge in [-0.2, -0.15) is 0 Å². The Balaban J connectivity index is 1.69. The van der Waals surface area contributed by atoms with Crippen LogP contribution in [0.3, 0.4) is 0 Å². The maximum absolute atomic E-state index is 11.9. The lowest BCUT2D eigenvalue weighted by molar-refractivity contribution is -0.139. The van der Waals surface area contributed by atoms with Gasteiger partial charge < -0.3 is 20.8 Å². The van der Waals surface area contributed by atoms with E-state index < -0.39 is 11.9 Å². The molecule has 0 spiro atoms. The van der Waals surface area contributed by atoms with Gasteiger partial charge in [-0.25, -0.2) is 9.59 Å². The standard InChI is InChI=1S/C17H23N3O5/c1-2-20(10-15(21)22)14-7-13(8-14)19-17(25)18-9-11-3-5-12(6-4-11)16(23)24/h3-6,13-14H,2,7-10H2,1H3,(H,21,22)(H,23,24)(H2,18,19,25). The fraction of sp³-hybridized carbons (Fsp3) is 0.471. The van der Waals surface area contributed by atoms with Crippen LogP contribution in [0.25, 0.3) is 0 Å². The summed E-state index contributed by atoms with van der Waals surface area (Å²) in [6.45, 7) is 2.92. The fourth-order valence-electron chi connectivity index (χ4n) is 2.86. The molecule has 0 aliphatic heterocycles. The first-order chi connectivity index (χ1) is 11.9. The summed E-state index contributed by atoms with van der Waals surface area (Å²) < 4.78 is 0. The lowest BCUT2D eigenvalue weighted by atomic mass is 9.85. The Bertz CT molecular complexity index is 626. The molecule has 1 aromatic rings. The van der Waals surface area contributed by atoms with E-state index in [1.54, 1.807) is 12.1 Å². The predicted octanol–water partition coefficient (Wildman–Crippen LogP) is 1.12. The average Bonchev–Trinajstić information content (AvgIpc) is 2.54. The SMILES string of the molecule is CCN(CC(=O)O)C1CC(NC(=O)NCc2ccc(C(=O)O)cc2)C1. The van der Waals surface area contributed by atoms with E-state index in [2.05, 4.69) is 10.6 Å². The Morgan fingerprint density at radius 1 is 1.16 bits per heavy atom. The van der Waals surface area contributed by atoms with Crippen molar-refractivity contribution in [3.8, 4) is 0 Å². The first-order valence-electron chi connectivity index (χ1n) is 8.21. The highest BCUT2D eigenvalue weighted by Gasteiger charge is 2.34. The molecule has 8 heteroatoms. The number of hydrogen-bond donors (Lipinski definition) is 4. The molecule has 0 saturated heterocycles. The van der Waals surface area contributed by atoms with Crippen molar-refractivity contribution >= 4 is 18.0 Å². The van der Waals surface area contributed by atoms with Crippen LogP contribution in [0.5, 0.6) is 0 Å². The minimum absolute atomic E-state index is 0.0203. The largest absolute Gasteiger partial charge is 0.480 e. The van der Waals surface area contributed by atoms with E-state index in [9.17, 15) is 14.4 Å². The number of carbonyl (C=O) groups excluding carboxylic acids is 1. The van der Waals surface area contributed by atoms with Gasteiger partial charge in [-0.3, -0.25) is 9.69 Å². The number of amides is 2. The quantitative estimate of drug-likeness (QED) is 0.558. The van der Waals surface area contributed by atoms with Crippen LogP contribution in [0.1, 0.15) is 35.7 Å². The Morgan fingerprint density at radius 2 is 1.80 bits per heavy atom. The molecule has 136 valence electrons. The van der Waals surface area contributed by atoms with E-state index in [1.165, 1.54) is 12.1 Å². The molecule has 1 aliphatic carbocycles. The molecular formula is C17H23N3O5. The number of carboxylic acids is 2. The van der Waals surface area contributed by atoms with Gasteiger partial charge in [0.15, 0.2) is 0 Å². The van der Waals surface area contributed by atoms with E-state index in [1.807, 2.05) is 11.8 Å². The number of carbonyl (C=O) groups is 3. The molecule has 1 aromatic carbocycles. The summed E-state index contributed by atoms with van der Waals surface area (Å²) in [6, 6.07) is 6.26. The van der Waals surface area contributed by atoms with Crippen LogP contribution in [0.15, 0.2) is 24.3 Å². The summed E-state index contributed by atoms with van der Waals surface area (Å²) in [7, 11) is 0. The van der Waals surface area contributed by atoms with Crippen molar-refractivity contribution in [2.24, 2.45) is 0 Å². The molecule has 0 radical (unpaired) electrons. The molecule has 0 bridgehead atoms. The van der Waals surface area contributed by atoms with Gasteiger partial charge in [0, 0.05) is 18.6 Å². The first kappa shape index (κ1) is 18.7. The minimum atomic E-state index is -0.985. The smallest absolute Gasteiger partial charge is 0.335 e. The molecule has 2 amide bonds. The van der Waals surface area contributed by atoms with Crippen LogP contribution in [0.4, 0.5) is 4.79 Å². The third kappa shape index (κ3) is 5.46. The molecule has 25 heavy (non-hydrogen) atoms. The lowest BCUT2D eigenvalue weighted by Crippen LogP contribution is -2.56. The van der Waals surface area contributed by atoms with Crippen LogP contribution < -0.4 is 10.6 Å². The number of hydrogen-bond acceptors (Lipinski definition) is 4. The van der Waals surface area contributed by atoms with E-state index >= 15 is 0 Å². The van der Waals surface area contributed by atoms with Crippen LogP contribution in [-0.2, 0) is 11.3 Å². The van der Waals surface area contributed by atoms with E-state index in [-0.39, 0.29) is 30.2 Å². The molecule has 0 heterocycles. The van der Waals surface area contributed by atoms with Gasteiger partial charge >= 0.3 is 18.0 Å². The predicted molar refractivity (Wildman–Crippen MR) is 90.5 cm³/mol. The van der Waals surface area contributed by atoms with Crippen molar-refractivity contribution in [1.82, 2.24) is 15.5 Å². The van der Waals surface area contributed by atoms with Crippen molar-refractivity contribution in [2.45, 2.75) is 38.4 Å². The summed E-state index contributed by atoms with van der Waals surface area (Å²) in [4.78, 5) is 35.4. The van der Waals surface area contributed by atoms with E-state index in [0.717, 1.165) is 18.4 Å². The van der Waals surface area contributed by atoms with Gasteiger partial charge in [0.1, 0.15) is 0 Å². The molecule has 1 aliphatic rings. The Hall–Kier alpha value is -2.61. The number of carboxylic acid groups (broad SMARTS) is 2. The monoisotopic (exact) mass is 349 g/mol. The van der Waals surface area contributed by atoms with Crippen molar-refractivity contribution in [1.29, 1.82) is 0 Å². The van der Waals surface area contributed by atoms with Crippen molar-refractivity contribution in [3.05, 3.63) is 35.4 Å². The number of nitrogens with one attached hydrogen (secondary N) is 2. The molecular weight excluding hydrogens is 326 g/mol. The highest BCUT2D eigenvalue weighted by atomic mass is 16.4. The zero-order chi connectivity index (χ0) is 18.4. The van der Waals surface area contributed by atoms with Gasteiger partial charge in [0.05, 0.1) is 12.1 Å². The number of urea groups is 1. The molecule has 4 N–H and O–H groups in total. The second-order valence-electron chi connectivity index (χ2n) is 6.11. The Morgan fingerprint density at radius 3 is 2.32 bits per heavy atom. The zero-order valence-electron chi connectivity index (χ0n) is 14.1. The van der Waals surface area contributed by atoms with Crippen molar-refractivity contribution in [3.63, 3.8) is 0 Å².